The molecule has 1 N–H and O–H groups in total. The molecule has 0 spiro atoms. The van der Waals surface area contributed by atoms with E-state index in [1.165, 1.54) is 6.07 Å². The summed E-state index contributed by atoms with van der Waals surface area (Å²) in [5.74, 6) is -1.36. The Kier molecular flexibility index (Phi) is 2.72. The van der Waals surface area contributed by atoms with Gasteiger partial charge in [-0.05, 0) is 6.07 Å². The van der Waals surface area contributed by atoms with Crippen molar-refractivity contribution in [3.05, 3.63) is 29.1 Å². The minimum absolute atomic E-state index is 0.362. The van der Waals surface area contributed by atoms with Crippen LogP contribution in [0.15, 0.2) is 12.3 Å². The zero-order valence-corrected chi connectivity index (χ0v) is 6.74. The lowest BCUT2D eigenvalue weighted by Gasteiger charge is -2.02. The van der Waals surface area contributed by atoms with Crippen molar-refractivity contribution in [2.45, 2.75) is 6.43 Å². The molecule has 0 fully saturated rings. The number of aromatic carboxylic acids is 1. The maximum atomic E-state index is 12.3. The molecule has 1 heterocycles. The van der Waals surface area contributed by atoms with Gasteiger partial charge in [-0.3, -0.25) is 0 Å². The average molecular weight is 198 g/mol. The van der Waals surface area contributed by atoms with Crippen molar-refractivity contribution in [3.8, 4) is 6.07 Å². The molecular formula is C8H4F2N2O2. The summed E-state index contributed by atoms with van der Waals surface area (Å²) in [4.78, 5) is 13.7. The SMILES string of the molecule is N#Cc1ncc(C(=O)O)cc1C(F)F. The van der Waals surface area contributed by atoms with Gasteiger partial charge < -0.3 is 5.11 Å². The Morgan fingerprint density at radius 3 is 2.71 bits per heavy atom. The summed E-state index contributed by atoms with van der Waals surface area (Å²) in [6.45, 7) is 0. The average Bonchev–Trinajstić information content (AvgIpc) is 2.16. The molecule has 4 nitrogen and oxygen atoms in total. The summed E-state index contributed by atoms with van der Waals surface area (Å²) >= 11 is 0. The van der Waals surface area contributed by atoms with E-state index >= 15 is 0 Å². The third-order valence-electron chi connectivity index (χ3n) is 1.51. The molecule has 0 radical (unpaired) electrons. The lowest BCUT2D eigenvalue weighted by atomic mass is 10.1. The molecule has 0 aliphatic heterocycles. The van der Waals surface area contributed by atoms with Crippen molar-refractivity contribution in [2.75, 3.05) is 0 Å². The van der Waals surface area contributed by atoms with Gasteiger partial charge in [0.05, 0.1) is 11.1 Å². The van der Waals surface area contributed by atoms with Crippen LogP contribution in [0.3, 0.4) is 0 Å². The second kappa shape index (κ2) is 3.79. The third-order valence-corrected chi connectivity index (χ3v) is 1.51. The number of carboxylic acid groups (broad SMARTS) is 1. The number of aromatic nitrogens is 1. The molecule has 6 heteroatoms. The smallest absolute Gasteiger partial charge is 0.337 e. The number of carbonyl (C=O) groups is 1. The second-order valence-corrected chi connectivity index (χ2v) is 2.38. The van der Waals surface area contributed by atoms with Crippen molar-refractivity contribution in [3.63, 3.8) is 0 Å². The van der Waals surface area contributed by atoms with E-state index in [9.17, 15) is 13.6 Å². The highest BCUT2D eigenvalue weighted by Gasteiger charge is 2.16. The van der Waals surface area contributed by atoms with Gasteiger partial charge in [0.15, 0.2) is 0 Å². The lowest BCUT2D eigenvalue weighted by molar-refractivity contribution is 0.0696. The largest absolute Gasteiger partial charge is 0.478 e. The minimum Gasteiger partial charge on any atom is -0.478 e. The normalized spacial score (nSPS) is 9.86. The van der Waals surface area contributed by atoms with E-state index in [4.69, 9.17) is 10.4 Å². The predicted molar refractivity (Wildman–Crippen MR) is 40.9 cm³/mol. The van der Waals surface area contributed by atoms with Crippen molar-refractivity contribution in [1.82, 2.24) is 4.98 Å². The fraction of sp³-hybridized carbons (Fsp3) is 0.125. The van der Waals surface area contributed by atoms with Crippen molar-refractivity contribution >= 4 is 5.97 Å². The summed E-state index contributed by atoms with van der Waals surface area (Å²) < 4.78 is 24.5. The number of carboxylic acids is 1. The molecule has 0 unspecified atom stereocenters. The Morgan fingerprint density at radius 1 is 1.64 bits per heavy atom. The molecule has 1 rings (SSSR count). The van der Waals surface area contributed by atoms with Gasteiger partial charge in [0, 0.05) is 6.20 Å². The van der Waals surface area contributed by atoms with Crippen LogP contribution in [0.25, 0.3) is 0 Å². The van der Waals surface area contributed by atoms with Gasteiger partial charge >= 0.3 is 5.97 Å². The van der Waals surface area contributed by atoms with E-state index in [-0.39, 0.29) is 5.56 Å². The van der Waals surface area contributed by atoms with Crippen LogP contribution in [0.1, 0.15) is 28.0 Å². The van der Waals surface area contributed by atoms with Crippen molar-refractivity contribution in [2.24, 2.45) is 0 Å². The van der Waals surface area contributed by atoms with Crippen LogP contribution in [-0.4, -0.2) is 16.1 Å². The van der Waals surface area contributed by atoms with E-state index in [1.807, 2.05) is 0 Å². The number of alkyl halides is 2. The Labute approximate surface area is 77.4 Å². The fourth-order valence-corrected chi connectivity index (χ4v) is 0.859. The molecule has 0 saturated carbocycles. The molecule has 0 aromatic carbocycles. The Balaban J connectivity index is 3.29. The molecule has 72 valence electrons. The molecule has 1 aromatic heterocycles. The first-order chi connectivity index (χ1) is 6.56. The van der Waals surface area contributed by atoms with Gasteiger partial charge in [-0.2, -0.15) is 5.26 Å². The van der Waals surface area contributed by atoms with Crippen LogP contribution in [0, 0.1) is 11.3 Å². The number of halogens is 2. The monoisotopic (exact) mass is 198 g/mol. The Bertz CT molecular complexity index is 412. The van der Waals surface area contributed by atoms with Gasteiger partial charge in [-0.15, -0.1) is 0 Å². The Morgan fingerprint density at radius 2 is 2.29 bits per heavy atom. The number of hydrogen-bond donors (Lipinski definition) is 1. The predicted octanol–water partition coefficient (Wildman–Crippen LogP) is 1.59. The number of rotatable bonds is 2. The summed E-state index contributed by atoms with van der Waals surface area (Å²) in [5.41, 5.74) is -1.48. The molecule has 0 atom stereocenters. The number of hydrogen-bond acceptors (Lipinski definition) is 3. The summed E-state index contributed by atoms with van der Waals surface area (Å²) in [6.07, 6.45) is -2.04. The number of nitriles is 1. The number of nitrogens with zero attached hydrogens (tertiary/aromatic N) is 2. The van der Waals surface area contributed by atoms with Crippen LogP contribution in [0.5, 0.6) is 0 Å². The van der Waals surface area contributed by atoms with Crippen LogP contribution in [-0.2, 0) is 0 Å². The maximum Gasteiger partial charge on any atom is 0.337 e. The van der Waals surface area contributed by atoms with E-state index in [0.29, 0.717) is 0 Å². The molecule has 0 aliphatic carbocycles. The quantitative estimate of drug-likeness (QED) is 0.782. The summed E-state index contributed by atoms with van der Waals surface area (Å²) in [7, 11) is 0. The molecule has 0 aliphatic rings. The van der Waals surface area contributed by atoms with Crippen LogP contribution in [0.2, 0.25) is 0 Å². The number of pyridine rings is 1. The third kappa shape index (κ3) is 1.82. The minimum atomic E-state index is -2.91. The molecular weight excluding hydrogens is 194 g/mol. The van der Waals surface area contributed by atoms with Gasteiger partial charge in [0.1, 0.15) is 11.8 Å². The van der Waals surface area contributed by atoms with Gasteiger partial charge in [0.2, 0.25) is 0 Å². The zero-order valence-electron chi connectivity index (χ0n) is 6.74. The van der Waals surface area contributed by atoms with E-state index in [2.05, 4.69) is 4.98 Å². The molecule has 0 saturated heterocycles. The summed E-state index contributed by atoms with van der Waals surface area (Å²) in [6, 6.07) is 2.21. The molecule has 14 heavy (non-hydrogen) atoms. The van der Waals surface area contributed by atoms with Gasteiger partial charge in [-0.25, -0.2) is 18.6 Å². The van der Waals surface area contributed by atoms with Crippen molar-refractivity contribution < 1.29 is 18.7 Å². The fourth-order valence-electron chi connectivity index (χ4n) is 0.859. The van der Waals surface area contributed by atoms with Crippen LogP contribution in [0.4, 0.5) is 8.78 Å². The topological polar surface area (TPSA) is 74.0 Å². The maximum absolute atomic E-state index is 12.3. The highest BCUT2D eigenvalue weighted by molar-refractivity contribution is 5.87. The first-order valence-electron chi connectivity index (χ1n) is 3.47. The standard InChI is InChI=1S/C8H4F2N2O2/c9-7(10)5-1-4(8(13)14)3-12-6(5)2-11/h1,3,7H,(H,13,14). The van der Waals surface area contributed by atoms with Gasteiger partial charge in [-0.1, -0.05) is 0 Å². The first-order valence-corrected chi connectivity index (χ1v) is 3.47. The van der Waals surface area contributed by atoms with Crippen LogP contribution >= 0.6 is 0 Å². The molecule has 0 bridgehead atoms. The van der Waals surface area contributed by atoms with Gasteiger partial charge in [0.25, 0.3) is 6.43 Å². The second-order valence-electron chi connectivity index (χ2n) is 2.38. The van der Waals surface area contributed by atoms with Crippen molar-refractivity contribution in [1.29, 1.82) is 5.26 Å². The zero-order chi connectivity index (χ0) is 10.7. The molecule has 1 aromatic rings. The molecule has 0 amide bonds. The highest BCUT2D eigenvalue weighted by Crippen LogP contribution is 2.21. The summed E-state index contributed by atoms with van der Waals surface area (Å²) in [5, 5.41) is 16.9. The first kappa shape index (κ1) is 10.1. The van der Waals surface area contributed by atoms with Crippen LogP contribution < -0.4 is 0 Å². The van der Waals surface area contributed by atoms with E-state index < -0.39 is 23.7 Å². The van der Waals surface area contributed by atoms with E-state index in [0.717, 1.165) is 12.3 Å². The highest BCUT2D eigenvalue weighted by atomic mass is 19.3. The lowest BCUT2D eigenvalue weighted by Crippen LogP contribution is -2.02. The Hall–Kier alpha value is -2.03. The van der Waals surface area contributed by atoms with E-state index in [1.54, 1.807) is 0 Å².